The predicted octanol–water partition coefficient (Wildman–Crippen LogP) is 11.6. The Morgan fingerprint density at radius 1 is 0.643 bits per heavy atom. The lowest BCUT2D eigenvalue weighted by molar-refractivity contribution is 0.979. The van der Waals surface area contributed by atoms with Crippen molar-refractivity contribution in [2.24, 2.45) is 0 Å². The lowest BCUT2D eigenvalue weighted by Crippen LogP contribution is -2.11. The van der Waals surface area contributed by atoms with E-state index < -0.39 is 0 Å². The summed E-state index contributed by atoms with van der Waals surface area (Å²) in [5.74, 6) is 0. The van der Waals surface area contributed by atoms with Crippen molar-refractivity contribution in [2.75, 3.05) is 4.90 Å². The number of nitrogens with zero attached hydrogens (tertiary/aromatic N) is 1. The first-order chi connectivity index (χ1) is 20.5. The van der Waals surface area contributed by atoms with Gasteiger partial charge < -0.3 is 4.90 Å². The van der Waals surface area contributed by atoms with E-state index in [1.807, 2.05) is 0 Å². The van der Waals surface area contributed by atoms with Crippen molar-refractivity contribution >= 4 is 28.7 Å². The standard InChI is InChI=1S/C41H37N/c1-30-12-10-16-37(26-30)40(29-33-14-6-4-7-15-33)35-22-20-34(21-23-35)36-24-25-41(32(3)28-36)42(38-17-8-5-9-18-38)39-19-11-13-31(2)27-39/h4-9,11-15,17-29H,10,16H2,1-3H3/b40-29-. The van der Waals surface area contributed by atoms with Crippen LogP contribution in [0.3, 0.4) is 0 Å². The Labute approximate surface area is 250 Å². The van der Waals surface area contributed by atoms with Gasteiger partial charge in [-0.15, -0.1) is 0 Å². The van der Waals surface area contributed by atoms with Gasteiger partial charge in [0.15, 0.2) is 0 Å². The Balaban J connectivity index is 1.35. The third kappa shape index (κ3) is 6.06. The van der Waals surface area contributed by atoms with Crippen molar-refractivity contribution in [2.45, 2.75) is 33.6 Å². The van der Waals surface area contributed by atoms with Gasteiger partial charge in [-0.2, -0.15) is 0 Å². The monoisotopic (exact) mass is 543 g/mol. The fourth-order valence-corrected chi connectivity index (χ4v) is 5.85. The fourth-order valence-electron chi connectivity index (χ4n) is 5.85. The Hall–Kier alpha value is -4.88. The zero-order valence-electron chi connectivity index (χ0n) is 24.7. The molecule has 0 saturated heterocycles. The molecule has 206 valence electrons. The molecule has 1 nitrogen and oxygen atoms in total. The molecule has 42 heavy (non-hydrogen) atoms. The molecule has 0 atom stereocenters. The van der Waals surface area contributed by atoms with Crippen LogP contribution in [0.1, 0.15) is 42.0 Å². The molecule has 1 aliphatic carbocycles. The van der Waals surface area contributed by atoms with Crippen LogP contribution in [0.5, 0.6) is 0 Å². The Morgan fingerprint density at radius 2 is 1.33 bits per heavy atom. The maximum atomic E-state index is 2.35. The first kappa shape index (κ1) is 27.3. The van der Waals surface area contributed by atoms with Crippen LogP contribution in [-0.2, 0) is 0 Å². The lowest BCUT2D eigenvalue weighted by Gasteiger charge is -2.27. The SMILES string of the molecule is CC1=CCCC(/C(=C\c2ccccc2)c2ccc(-c3ccc(N(c4ccccc4)c4cccc(C)c4)c(C)c3)cc2)=C1. The van der Waals surface area contributed by atoms with E-state index in [9.17, 15) is 0 Å². The smallest absolute Gasteiger partial charge is 0.0491 e. The summed E-state index contributed by atoms with van der Waals surface area (Å²) in [4.78, 5) is 2.35. The number of hydrogen-bond acceptors (Lipinski definition) is 1. The highest BCUT2D eigenvalue weighted by Gasteiger charge is 2.16. The van der Waals surface area contributed by atoms with E-state index in [-0.39, 0.29) is 0 Å². The fraction of sp³-hybridized carbons (Fsp3) is 0.122. The van der Waals surface area contributed by atoms with Crippen LogP contribution in [0.2, 0.25) is 0 Å². The van der Waals surface area contributed by atoms with E-state index in [2.05, 4.69) is 171 Å². The third-order valence-electron chi connectivity index (χ3n) is 7.98. The minimum Gasteiger partial charge on any atom is -0.310 e. The summed E-state index contributed by atoms with van der Waals surface area (Å²) in [7, 11) is 0. The van der Waals surface area contributed by atoms with Crippen molar-refractivity contribution in [3.05, 3.63) is 173 Å². The maximum Gasteiger partial charge on any atom is 0.0491 e. The van der Waals surface area contributed by atoms with Gasteiger partial charge in [0.25, 0.3) is 0 Å². The number of aryl methyl sites for hydroxylation is 2. The van der Waals surface area contributed by atoms with E-state index in [0.29, 0.717) is 0 Å². The van der Waals surface area contributed by atoms with Crippen molar-refractivity contribution in [1.29, 1.82) is 0 Å². The van der Waals surface area contributed by atoms with Crippen LogP contribution in [0.25, 0.3) is 22.8 Å². The molecule has 6 rings (SSSR count). The van der Waals surface area contributed by atoms with Crippen molar-refractivity contribution < 1.29 is 0 Å². The summed E-state index contributed by atoms with van der Waals surface area (Å²) >= 11 is 0. The first-order valence-electron chi connectivity index (χ1n) is 14.8. The summed E-state index contributed by atoms with van der Waals surface area (Å²) < 4.78 is 0. The molecule has 0 aromatic heterocycles. The molecule has 0 spiro atoms. The topological polar surface area (TPSA) is 3.24 Å². The van der Waals surface area contributed by atoms with Gasteiger partial charge in [-0.05, 0) is 121 Å². The normalized spacial score (nSPS) is 13.4. The van der Waals surface area contributed by atoms with Crippen molar-refractivity contribution in [1.82, 2.24) is 0 Å². The van der Waals surface area contributed by atoms with Crippen LogP contribution >= 0.6 is 0 Å². The summed E-state index contributed by atoms with van der Waals surface area (Å²) in [5, 5.41) is 0. The first-order valence-corrected chi connectivity index (χ1v) is 14.8. The van der Waals surface area contributed by atoms with Gasteiger partial charge in [0.2, 0.25) is 0 Å². The largest absolute Gasteiger partial charge is 0.310 e. The summed E-state index contributed by atoms with van der Waals surface area (Å²) in [5.41, 5.74) is 15.0. The summed E-state index contributed by atoms with van der Waals surface area (Å²) in [6.07, 6.45) is 9.17. The van der Waals surface area contributed by atoms with Gasteiger partial charge in [0.05, 0.1) is 0 Å². The molecule has 0 heterocycles. The molecule has 0 bridgehead atoms. The molecular weight excluding hydrogens is 506 g/mol. The molecule has 0 N–H and O–H groups in total. The second-order valence-electron chi connectivity index (χ2n) is 11.2. The highest BCUT2D eigenvalue weighted by Crippen LogP contribution is 2.39. The van der Waals surface area contributed by atoms with E-state index in [4.69, 9.17) is 0 Å². The second-order valence-corrected chi connectivity index (χ2v) is 11.2. The molecule has 0 amide bonds. The predicted molar refractivity (Wildman–Crippen MR) is 181 cm³/mol. The quantitative estimate of drug-likeness (QED) is 0.185. The van der Waals surface area contributed by atoms with Gasteiger partial charge in [-0.3, -0.25) is 0 Å². The molecule has 1 aliphatic rings. The lowest BCUT2D eigenvalue weighted by atomic mass is 9.88. The van der Waals surface area contributed by atoms with Gasteiger partial charge in [0.1, 0.15) is 0 Å². The minimum atomic E-state index is 1.07. The van der Waals surface area contributed by atoms with Gasteiger partial charge in [-0.1, -0.05) is 109 Å². The number of allylic oxidation sites excluding steroid dienone is 5. The highest BCUT2D eigenvalue weighted by atomic mass is 15.1. The molecule has 0 fully saturated rings. The van der Waals surface area contributed by atoms with Gasteiger partial charge in [0, 0.05) is 17.1 Å². The highest BCUT2D eigenvalue weighted by molar-refractivity contribution is 5.92. The van der Waals surface area contributed by atoms with E-state index in [1.54, 1.807) is 0 Å². The van der Waals surface area contributed by atoms with Gasteiger partial charge >= 0.3 is 0 Å². The number of benzene rings is 5. The van der Waals surface area contributed by atoms with Crippen LogP contribution in [-0.4, -0.2) is 0 Å². The van der Waals surface area contributed by atoms with E-state index >= 15 is 0 Å². The molecule has 0 unspecified atom stereocenters. The molecule has 0 radical (unpaired) electrons. The van der Waals surface area contributed by atoms with Crippen molar-refractivity contribution in [3.8, 4) is 11.1 Å². The van der Waals surface area contributed by atoms with E-state index in [0.717, 1.165) is 18.5 Å². The Morgan fingerprint density at radius 3 is 2.02 bits per heavy atom. The third-order valence-corrected chi connectivity index (χ3v) is 7.98. The Kier molecular flexibility index (Phi) is 8.01. The zero-order chi connectivity index (χ0) is 28.9. The van der Waals surface area contributed by atoms with Crippen molar-refractivity contribution in [3.63, 3.8) is 0 Å². The average Bonchev–Trinajstić information content (AvgIpc) is 3.02. The second kappa shape index (κ2) is 12.3. The number of para-hydroxylation sites is 1. The molecule has 5 aromatic rings. The number of rotatable bonds is 7. The average molecular weight is 544 g/mol. The number of hydrogen-bond donors (Lipinski definition) is 0. The Bertz CT molecular complexity index is 1770. The summed E-state index contributed by atoms with van der Waals surface area (Å²) in [6.45, 7) is 6.56. The zero-order valence-corrected chi connectivity index (χ0v) is 24.7. The van der Waals surface area contributed by atoms with Crippen LogP contribution in [0.4, 0.5) is 17.1 Å². The number of anilines is 3. The van der Waals surface area contributed by atoms with E-state index in [1.165, 1.54) is 61.5 Å². The minimum absolute atomic E-state index is 1.07. The molecule has 1 heteroatoms. The van der Waals surface area contributed by atoms with Gasteiger partial charge in [-0.25, -0.2) is 0 Å². The van der Waals surface area contributed by atoms with Crippen LogP contribution in [0, 0.1) is 13.8 Å². The molecule has 5 aromatic carbocycles. The summed E-state index contributed by atoms with van der Waals surface area (Å²) in [6, 6.07) is 45.9. The maximum absolute atomic E-state index is 2.35. The molecule has 0 aliphatic heterocycles. The van der Waals surface area contributed by atoms with Crippen LogP contribution in [0.15, 0.2) is 151 Å². The molecule has 0 saturated carbocycles. The van der Waals surface area contributed by atoms with Crippen LogP contribution < -0.4 is 4.90 Å². The molecular formula is C41H37N.